The standard InChI is InChI=1S/C16H29N3O2/c1-6-20-16(9-7-15(4,5)8-10-16)14-18-13(21-19-14)12(17)11(2)3/h11-12H,6-10,17H2,1-5H3/t12-/m0/s1. The van der Waals surface area contributed by atoms with Gasteiger partial charge in [0, 0.05) is 6.61 Å². The van der Waals surface area contributed by atoms with Gasteiger partial charge in [-0.05, 0) is 43.9 Å². The van der Waals surface area contributed by atoms with Crippen LogP contribution in [0.2, 0.25) is 0 Å². The van der Waals surface area contributed by atoms with Crippen LogP contribution in [-0.2, 0) is 10.3 Å². The van der Waals surface area contributed by atoms with Crippen molar-refractivity contribution >= 4 is 0 Å². The van der Waals surface area contributed by atoms with E-state index < -0.39 is 5.60 Å². The minimum atomic E-state index is -0.400. The van der Waals surface area contributed by atoms with Crippen LogP contribution in [0.15, 0.2) is 4.52 Å². The van der Waals surface area contributed by atoms with Gasteiger partial charge >= 0.3 is 0 Å². The smallest absolute Gasteiger partial charge is 0.243 e. The van der Waals surface area contributed by atoms with Crippen molar-refractivity contribution in [1.82, 2.24) is 10.1 Å². The summed E-state index contributed by atoms with van der Waals surface area (Å²) in [5.41, 5.74) is 6.07. The van der Waals surface area contributed by atoms with E-state index in [1.54, 1.807) is 0 Å². The molecule has 0 unspecified atom stereocenters. The predicted octanol–water partition coefficient (Wildman–Crippen LogP) is 3.56. The molecule has 1 saturated carbocycles. The summed E-state index contributed by atoms with van der Waals surface area (Å²) in [7, 11) is 0. The van der Waals surface area contributed by atoms with Crippen LogP contribution in [0.5, 0.6) is 0 Å². The van der Waals surface area contributed by atoms with Gasteiger partial charge in [0.1, 0.15) is 5.60 Å². The number of nitrogens with zero attached hydrogens (tertiary/aromatic N) is 2. The Morgan fingerprint density at radius 2 is 1.86 bits per heavy atom. The number of rotatable bonds is 5. The lowest BCUT2D eigenvalue weighted by atomic mass is 9.70. The molecule has 1 aromatic rings. The van der Waals surface area contributed by atoms with Crippen molar-refractivity contribution in [1.29, 1.82) is 0 Å². The molecule has 0 spiro atoms. The van der Waals surface area contributed by atoms with Crippen LogP contribution in [0.3, 0.4) is 0 Å². The molecule has 0 amide bonds. The first-order valence-electron chi connectivity index (χ1n) is 8.03. The van der Waals surface area contributed by atoms with Gasteiger partial charge in [-0.1, -0.05) is 32.9 Å². The monoisotopic (exact) mass is 295 g/mol. The summed E-state index contributed by atoms with van der Waals surface area (Å²) < 4.78 is 11.5. The summed E-state index contributed by atoms with van der Waals surface area (Å²) in [6.45, 7) is 11.4. The van der Waals surface area contributed by atoms with Gasteiger partial charge in [-0.3, -0.25) is 0 Å². The fourth-order valence-electron chi connectivity index (χ4n) is 2.88. The summed E-state index contributed by atoms with van der Waals surface area (Å²) in [6, 6.07) is -0.218. The van der Waals surface area contributed by atoms with Gasteiger partial charge in [0.2, 0.25) is 11.7 Å². The lowest BCUT2D eigenvalue weighted by Crippen LogP contribution is -2.38. The van der Waals surface area contributed by atoms with Crippen LogP contribution in [0, 0.1) is 11.3 Å². The summed E-state index contributed by atoms with van der Waals surface area (Å²) in [4.78, 5) is 4.57. The van der Waals surface area contributed by atoms with E-state index in [2.05, 4.69) is 37.8 Å². The average Bonchev–Trinajstić information content (AvgIpc) is 2.91. The zero-order valence-electron chi connectivity index (χ0n) is 14.0. The van der Waals surface area contributed by atoms with E-state index in [9.17, 15) is 0 Å². The first-order valence-corrected chi connectivity index (χ1v) is 8.03. The molecule has 1 heterocycles. The fourth-order valence-corrected chi connectivity index (χ4v) is 2.88. The van der Waals surface area contributed by atoms with Crippen LogP contribution in [-0.4, -0.2) is 16.7 Å². The normalized spacial score (nSPS) is 22.4. The molecule has 21 heavy (non-hydrogen) atoms. The molecule has 1 atom stereocenters. The quantitative estimate of drug-likeness (QED) is 0.899. The Balaban J connectivity index is 2.23. The minimum Gasteiger partial charge on any atom is -0.367 e. The van der Waals surface area contributed by atoms with Crippen molar-refractivity contribution in [2.45, 2.75) is 71.9 Å². The van der Waals surface area contributed by atoms with Crippen LogP contribution >= 0.6 is 0 Å². The van der Waals surface area contributed by atoms with Gasteiger partial charge < -0.3 is 15.0 Å². The molecule has 120 valence electrons. The third-order valence-electron chi connectivity index (χ3n) is 4.68. The largest absolute Gasteiger partial charge is 0.367 e. The third kappa shape index (κ3) is 3.46. The second-order valence-electron chi connectivity index (χ2n) is 7.32. The first kappa shape index (κ1) is 16.4. The Hall–Kier alpha value is -0.940. The molecule has 1 aromatic heterocycles. The van der Waals surface area contributed by atoms with Gasteiger partial charge in [0.25, 0.3) is 0 Å². The van der Waals surface area contributed by atoms with E-state index >= 15 is 0 Å². The molecule has 2 N–H and O–H groups in total. The number of hydrogen-bond acceptors (Lipinski definition) is 5. The van der Waals surface area contributed by atoms with Gasteiger partial charge in [-0.25, -0.2) is 0 Å². The zero-order valence-corrected chi connectivity index (χ0v) is 14.0. The maximum absolute atomic E-state index is 6.10. The van der Waals surface area contributed by atoms with Crippen molar-refractivity contribution in [3.8, 4) is 0 Å². The van der Waals surface area contributed by atoms with Gasteiger partial charge in [-0.15, -0.1) is 0 Å². The molecule has 5 heteroatoms. The van der Waals surface area contributed by atoms with Gasteiger partial charge in [0.15, 0.2) is 0 Å². The van der Waals surface area contributed by atoms with Crippen LogP contribution < -0.4 is 5.73 Å². The zero-order chi connectivity index (χ0) is 15.7. The Morgan fingerprint density at radius 1 is 1.24 bits per heavy atom. The van der Waals surface area contributed by atoms with Crippen molar-refractivity contribution in [2.75, 3.05) is 6.61 Å². The van der Waals surface area contributed by atoms with Crippen molar-refractivity contribution in [2.24, 2.45) is 17.1 Å². The van der Waals surface area contributed by atoms with E-state index in [1.807, 2.05) is 6.92 Å². The molecule has 0 aromatic carbocycles. The maximum Gasteiger partial charge on any atom is 0.243 e. The van der Waals surface area contributed by atoms with Crippen LogP contribution in [0.1, 0.15) is 78.1 Å². The SMILES string of the molecule is CCOC1(c2noc([C@@H](N)C(C)C)n2)CCC(C)(C)CC1. The second-order valence-corrected chi connectivity index (χ2v) is 7.32. The molecule has 2 rings (SSSR count). The van der Waals surface area contributed by atoms with Gasteiger partial charge in [-0.2, -0.15) is 4.98 Å². The highest BCUT2D eigenvalue weighted by Gasteiger charge is 2.44. The molecule has 0 saturated heterocycles. The Morgan fingerprint density at radius 3 is 2.38 bits per heavy atom. The summed E-state index contributed by atoms with van der Waals surface area (Å²) >= 11 is 0. The molecular formula is C16H29N3O2. The highest BCUT2D eigenvalue weighted by atomic mass is 16.5. The molecule has 0 aliphatic heterocycles. The van der Waals surface area contributed by atoms with E-state index in [-0.39, 0.29) is 12.0 Å². The third-order valence-corrected chi connectivity index (χ3v) is 4.68. The predicted molar refractivity (Wildman–Crippen MR) is 81.6 cm³/mol. The van der Waals surface area contributed by atoms with E-state index in [0.29, 0.717) is 23.7 Å². The minimum absolute atomic E-state index is 0.218. The maximum atomic E-state index is 6.10. The molecule has 5 nitrogen and oxygen atoms in total. The van der Waals surface area contributed by atoms with E-state index in [0.717, 1.165) is 25.7 Å². The highest BCUT2D eigenvalue weighted by molar-refractivity contribution is 5.06. The lowest BCUT2D eigenvalue weighted by Gasteiger charge is -2.41. The fraction of sp³-hybridized carbons (Fsp3) is 0.875. The Kier molecular flexibility index (Phi) is 4.73. The second kappa shape index (κ2) is 6.05. The van der Waals surface area contributed by atoms with E-state index in [1.165, 1.54) is 0 Å². The highest BCUT2D eigenvalue weighted by Crippen LogP contribution is 2.46. The molecule has 0 bridgehead atoms. The van der Waals surface area contributed by atoms with Crippen LogP contribution in [0.4, 0.5) is 0 Å². The van der Waals surface area contributed by atoms with E-state index in [4.69, 9.17) is 15.0 Å². The number of aromatic nitrogens is 2. The Labute approximate surface area is 127 Å². The summed E-state index contributed by atoms with van der Waals surface area (Å²) in [6.07, 6.45) is 4.08. The number of hydrogen-bond donors (Lipinski definition) is 1. The van der Waals surface area contributed by atoms with Crippen molar-refractivity contribution in [3.63, 3.8) is 0 Å². The summed E-state index contributed by atoms with van der Waals surface area (Å²) in [5, 5.41) is 4.19. The van der Waals surface area contributed by atoms with Gasteiger partial charge in [0.05, 0.1) is 6.04 Å². The molecular weight excluding hydrogens is 266 g/mol. The molecule has 0 radical (unpaired) electrons. The van der Waals surface area contributed by atoms with Crippen LogP contribution in [0.25, 0.3) is 0 Å². The summed E-state index contributed by atoms with van der Waals surface area (Å²) in [5.74, 6) is 1.46. The van der Waals surface area contributed by atoms with Crippen molar-refractivity contribution in [3.05, 3.63) is 11.7 Å². The molecule has 1 aliphatic carbocycles. The first-order chi connectivity index (χ1) is 9.80. The molecule has 1 fully saturated rings. The van der Waals surface area contributed by atoms with Crippen molar-refractivity contribution < 1.29 is 9.26 Å². The average molecular weight is 295 g/mol. The number of nitrogens with two attached hydrogens (primary N) is 1. The molecule has 1 aliphatic rings. The lowest BCUT2D eigenvalue weighted by molar-refractivity contribution is -0.0957. The topological polar surface area (TPSA) is 74.2 Å². The number of ether oxygens (including phenoxy) is 1. The Bertz CT molecular complexity index is 458.